The fourth-order valence-corrected chi connectivity index (χ4v) is 1.37. The van der Waals surface area contributed by atoms with Crippen molar-refractivity contribution < 1.29 is 14.3 Å². The van der Waals surface area contributed by atoms with E-state index < -0.39 is 12.0 Å². The number of nitrogens with one attached hydrogen (secondary N) is 2. The van der Waals surface area contributed by atoms with E-state index in [1.165, 1.54) is 14.0 Å². The van der Waals surface area contributed by atoms with E-state index in [0.29, 0.717) is 0 Å². The van der Waals surface area contributed by atoms with Gasteiger partial charge >= 0.3 is 5.97 Å². The van der Waals surface area contributed by atoms with Crippen LogP contribution in [-0.4, -0.2) is 37.6 Å². The second-order valence-electron chi connectivity index (χ2n) is 3.69. The number of terminal acetylenes is 1. The summed E-state index contributed by atoms with van der Waals surface area (Å²) in [6, 6.07) is -0.800. The Balaban J connectivity index is 4.29. The molecule has 0 bridgehead atoms. The molecule has 96 valence electrons. The predicted molar refractivity (Wildman–Crippen MR) is 65.2 cm³/mol. The molecule has 0 aliphatic rings. The van der Waals surface area contributed by atoms with E-state index in [1.54, 1.807) is 0 Å². The highest BCUT2D eigenvalue weighted by molar-refractivity contribution is 5.83. The van der Waals surface area contributed by atoms with Gasteiger partial charge in [0.25, 0.3) is 0 Å². The molecule has 0 rings (SSSR count). The monoisotopic (exact) mass is 240 g/mol. The normalized spacial score (nSPS) is 13.3. The molecule has 2 atom stereocenters. The number of carbonyl (C=O) groups excluding carboxylic acids is 2. The molecular formula is C12H20N2O3. The van der Waals surface area contributed by atoms with Crippen LogP contribution in [0.25, 0.3) is 0 Å². The van der Waals surface area contributed by atoms with Gasteiger partial charge in [-0.3, -0.25) is 4.79 Å². The molecule has 5 heteroatoms. The molecule has 17 heavy (non-hydrogen) atoms. The highest BCUT2D eigenvalue weighted by atomic mass is 16.5. The zero-order valence-corrected chi connectivity index (χ0v) is 10.6. The molecule has 5 nitrogen and oxygen atoms in total. The summed E-state index contributed by atoms with van der Waals surface area (Å²) < 4.78 is 4.59. The lowest BCUT2D eigenvalue weighted by Crippen LogP contribution is -2.49. The van der Waals surface area contributed by atoms with Gasteiger partial charge in [0.15, 0.2) is 0 Å². The standard InChI is InChI=1S/C12H20N2O3/c1-5-7-10(6-2)13-8-11(12(16)17-4)14-9(3)15/h2,10-11,13H,5,7-8H2,1,3-4H3,(H,14,15). The van der Waals surface area contributed by atoms with Gasteiger partial charge in [-0.2, -0.15) is 0 Å². The minimum absolute atomic E-state index is 0.0964. The molecular weight excluding hydrogens is 220 g/mol. The smallest absolute Gasteiger partial charge is 0.329 e. The molecule has 0 saturated heterocycles. The van der Waals surface area contributed by atoms with Gasteiger partial charge in [-0.1, -0.05) is 19.3 Å². The molecule has 0 heterocycles. The molecule has 0 spiro atoms. The third kappa shape index (κ3) is 6.59. The number of hydrogen-bond acceptors (Lipinski definition) is 4. The summed E-state index contributed by atoms with van der Waals surface area (Å²) in [6.45, 7) is 3.64. The van der Waals surface area contributed by atoms with Crippen LogP contribution < -0.4 is 10.6 Å². The molecule has 0 saturated carbocycles. The lowest BCUT2D eigenvalue weighted by Gasteiger charge is -2.18. The van der Waals surface area contributed by atoms with Crippen molar-refractivity contribution in [3.63, 3.8) is 0 Å². The van der Waals surface area contributed by atoms with Crippen LogP contribution >= 0.6 is 0 Å². The molecule has 0 aromatic heterocycles. The van der Waals surface area contributed by atoms with Crippen molar-refractivity contribution in [3.8, 4) is 12.3 Å². The van der Waals surface area contributed by atoms with Gasteiger partial charge in [0.2, 0.25) is 5.91 Å². The third-order valence-electron chi connectivity index (χ3n) is 2.21. The largest absolute Gasteiger partial charge is 0.467 e. The van der Waals surface area contributed by atoms with Crippen molar-refractivity contribution in [2.75, 3.05) is 13.7 Å². The Kier molecular flexibility index (Phi) is 7.82. The maximum Gasteiger partial charge on any atom is 0.329 e. The van der Waals surface area contributed by atoms with E-state index in [9.17, 15) is 9.59 Å². The van der Waals surface area contributed by atoms with Crippen LogP contribution in [0.1, 0.15) is 26.7 Å². The lowest BCUT2D eigenvalue weighted by molar-refractivity contribution is -0.144. The van der Waals surface area contributed by atoms with Gasteiger partial charge in [-0.25, -0.2) is 4.79 Å². The van der Waals surface area contributed by atoms with Crippen molar-refractivity contribution >= 4 is 11.9 Å². The molecule has 2 unspecified atom stereocenters. The molecule has 0 aromatic carbocycles. The number of methoxy groups -OCH3 is 1. The quantitative estimate of drug-likeness (QED) is 0.487. The van der Waals surface area contributed by atoms with Crippen LogP contribution in [0.15, 0.2) is 0 Å². The average Bonchev–Trinajstić information content (AvgIpc) is 2.31. The van der Waals surface area contributed by atoms with Crippen LogP contribution in [0.3, 0.4) is 0 Å². The Bertz CT molecular complexity index is 297. The van der Waals surface area contributed by atoms with Gasteiger partial charge in [0, 0.05) is 13.5 Å². The first-order valence-electron chi connectivity index (χ1n) is 5.59. The Morgan fingerprint density at radius 2 is 2.12 bits per heavy atom. The molecule has 2 N–H and O–H groups in total. The summed E-state index contributed by atoms with van der Waals surface area (Å²) in [5.41, 5.74) is 0. The summed E-state index contributed by atoms with van der Waals surface area (Å²) in [7, 11) is 1.28. The van der Waals surface area contributed by atoms with E-state index in [4.69, 9.17) is 6.42 Å². The average molecular weight is 240 g/mol. The molecule has 1 amide bonds. The van der Waals surface area contributed by atoms with Crippen molar-refractivity contribution in [2.24, 2.45) is 0 Å². The van der Waals surface area contributed by atoms with E-state index in [-0.39, 0.29) is 18.5 Å². The van der Waals surface area contributed by atoms with Crippen LogP contribution in [0.4, 0.5) is 0 Å². The Labute approximate surface area is 102 Å². The van der Waals surface area contributed by atoms with Gasteiger partial charge < -0.3 is 15.4 Å². The second-order valence-corrected chi connectivity index (χ2v) is 3.69. The molecule has 0 aliphatic heterocycles. The van der Waals surface area contributed by atoms with Crippen LogP contribution in [0, 0.1) is 12.3 Å². The first-order valence-corrected chi connectivity index (χ1v) is 5.59. The van der Waals surface area contributed by atoms with Gasteiger partial charge in [-0.15, -0.1) is 6.42 Å². The van der Waals surface area contributed by atoms with Crippen LogP contribution in [-0.2, 0) is 14.3 Å². The number of ether oxygens (including phenoxy) is 1. The number of hydrogen-bond donors (Lipinski definition) is 2. The topological polar surface area (TPSA) is 67.4 Å². The number of carbonyl (C=O) groups is 2. The van der Waals surface area contributed by atoms with Crippen molar-refractivity contribution in [1.82, 2.24) is 10.6 Å². The fraction of sp³-hybridized carbons (Fsp3) is 0.667. The van der Waals surface area contributed by atoms with Gasteiger partial charge in [0.05, 0.1) is 13.2 Å². The van der Waals surface area contributed by atoms with Crippen molar-refractivity contribution in [1.29, 1.82) is 0 Å². The van der Waals surface area contributed by atoms with E-state index >= 15 is 0 Å². The highest BCUT2D eigenvalue weighted by Crippen LogP contribution is 1.96. The Hall–Kier alpha value is -1.54. The van der Waals surface area contributed by atoms with Gasteiger partial charge in [0.1, 0.15) is 6.04 Å². The van der Waals surface area contributed by atoms with Crippen molar-refractivity contribution in [3.05, 3.63) is 0 Å². The number of rotatable bonds is 7. The third-order valence-corrected chi connectivity index (χ3v) is 2.21. The summed E-state index contributed by atoms with van der Waals surface area (Å²) in [5.74, 6) is 1.82. The highest BCUT2D eigenvalue weighted by Gasteiger charge is 2.20. The molecule has 0 radical (unpaired) electrons. The fourth-order valence-electron chi connectivity index (χ4n) is 1.37. The minimum atomic E-state index is -0.704. The zero-order chi connectivity index (χ0) is 13.3. The molecule has 0 fully saturated rings. The zero-order valence-electron chi connectivity index (χ0n) is 10.6. The lowest BCUT2D eigenvalue weighted by atomic mass is 10.1. The maximum atomic E-state index is 11.4. The van der Waals surface area contributed by atoms with Gasteiger partial charge in [-0.05, 0) is 6.42 Å². The SMILES string of the molecule is C#CC(CCC)NCC(NC(C)=O)C(=O)OC. The van der Waals surface area contributed by atoms with E-state index in [1.807, 2.05) is 6.92 Å². The van der Waals surface area contributed by atoms with Crippen LogP contribution in [0.2, 0.25) is 0 Å². The first-order chi connectivity index (χ1) is 8.04. The van der Waals surface area contributed by atoms with E-state index in [0.717, 1.165) is 12.8 Å². The number of esters is 1. The predicted octanol–water partition coefficient (Wildman–Crippen LogP) is 0.0556. The number of amides is 1. The van der Waals surface area contributed by atoms with Crippen LogP contribution in [0.5, 0.6) is 0 Å². The summed E-state index contributed by atoms with van der Waals surface area (Å²) in [4.78, 5) is 22.3. The Morgan fingerprint density at radius 1 is 1.47 bits per heavy atom. The summed E-state index contributed by atoms with van der Waals surface area (Å²) >= 11 is 0. The Morgan fingerprint density at radius 3 is 2.53 bits per heavy atom. The summed E-state index contributed by atoms with van der Waals surface area (Å²) in [5, 5.41) is 5.55. The molecule has 0 aromatic rings. The first kappa shape index (κ1) is 15.5. The maximum absolute atomic E-state index is 11.4. The second kappa shape index (κ2) is 8.59. The molecule has 0 aliphatic carbocycles. The van der Waals surface area contributed by atoms with Crippen molar-refractivity contribution in [2.45, 2.75) is 38.8 Å². The van der Waals surface area contributed by atoms with E-state index in [2.05, 4.69) is 21.3 Å². The summed E-state index contributed by atoms with van der Waals surface area (Å²) in [6.07, 6.45) is 7.11. The minimum Gasteiger partial charge on any atom is -0.467 e.